The predicted octanol–water partition coefficient (Wildman–Crippen LogP) is 5.19. The summed E-state index contributed by atoms with van der Waals surface area (Å²) in [6.07, 6.45) is 5.32. The largest absolute Gasteiger partial charge is 0.483 e. The van der Waals surface area contributed by atoms with Gasteiger partial charge in [0.25, 0.3) is 5.91 Å². The summed E-state index contributed by atoms with van der Waals surface area (Å²) in [5.41, 5.74) is 2.20. The fourth-order valence-electron chi connectivity index (χ4n) is 3.65. The van der Waals surface area contributed by atoms with Gasteiger partial charge in [0.1, 0.15) is 11.9 Å². The van der Waals surface area contributed by atoms with Crippen LogP contribution in [0.15, 0.2) is 48.5 Å². The van der Waals surface area contributed by atoms with Crippen LogP contribution in [0, 0.1) is 0 Å². The molecule has 2 aromatic rings. The van der Waals surface area contributed by atoms with E-state index >= 15 is 0 Å². The molecule has 1 saturated carbocycles. The van der Waals surface area contributed by atoms with Gasteiger partial charge in [0.15, 0.2) is 11.7 Å². The van der Waals surface area contributed by atoms with Crippen molar-refractivity contribution in [2.75, 3.05) is 11.9 Å². The van der Waals surface area contributed by atoms with Gasteiger partial charge in [-0.15, -0.1) is 0 Å². The minimum absolute atomic E-state index is 0.0200. The highest BCUT2D eigenvalue weighted by Crippen LogP contribution is 2.25. The number of carbonyl (C=O) groups is 2. The molecule has 1 aliphatic rings. The number of hydrogen-bond acceptors (Lipinski definition) is 5. The zero-order valence-corrected chi connectivity index (χ0v) is 19.4. The van der Waals surface area contributed by atoms with E-state index in [1.54, 1.807) is 24.3 Å². The molecule has 0 aromatic heterocycles. The Morgan fingerprint density at radius 2 is 1.72 bits per heavy atom. The minimum Gasteiger partial charge on any atom is -0.483 e. The lowest BCUT2D eigenvalue weighted by atomic mass is 9.98. The van der Waals surface area contributed by atoms with Crippen molar-refractivity contribution in [1.82, 2.24) is 5.32 Å². The van der Waals surface area contributed by atoms with Crippen molar-refractivity contribution in [3.8, 4) is 5.75 Å². The maximum absolute atomic E-state index is 12.3. The smallest absolute Gasteiger partial charge is 0.338 e. The maximum Gasteiger partial charge on any atom is 0.338 e. The Morgan fingerprint density at radius 3 is 2.41 bits per heavy atom. The van der Waals surface area contributed by atoms with Crippen molar-refractivity contribution in [3.05, 3.63) is 59.7 Å². The van der Waals surface area contributed by atoms with Gasteiger partial charge in [0.05, 0.1) is 5.56 Å². The molecule has 170 valence electrons. The average Bonchev–Trinajstić information content (AvgIpc) is 2.79. The molecule has 0 heterocycles. The average molecular weight is 455 g/mol. The van der Waals surface area contributed by atoms with E-state index in [9.17, 15) is 9.59 Å². The van der Waals surface area contributed by atoms with E-state index in [0.717, 1.165) is 31.2 Å². The fraction of sp³-hybridized carbons (Fsp3) is 0.400. The molecule has 32 heavy (non-hydrogen) atoms. The summed E-state index contributed by atoms with van der Waals surface area (Å²) < 4.78 is 11.2. The number of rotatable bonds is 7. The van der Waals surface area contributed by atoms with Gasteiger partial charge in [-0.3, -0.25) is 10.1 Å². The number of anilines is 1. The number of thiocarbonyl (C=S) groups is 1. The summed E-state index contributed by atoms with van der Waals surface area (Å²) in [5.74, 6) is 0.319. The van der Waals surface area contributed by atoms with Crippen LogP contribution in [0.1, 0.15) is 67.8 Å². The Bertz CT molecular complexity index is 937. The van der Waals surface area contributed by atoms with Crippen molar-refractivity contribution in [3.63, 3.8) is 0 Å². The first-order valence-electron chi connectivity index (χ1n) is 11.1. The molecule has 0 spiro atoms. The number of carbonyl (C=O) groups excluding carboxylic acids is 2. The molecule has 2 N–H and O–H groups in total. The zero-order valence-electron chi connectivity index (χ0n) is 18.6. The van der Waals surface area contributed by atoms with Gasteiger partial charge >= 0.3 is 5.97 Å². The van der Waals surface area contributed by atoms with Crippen LogP contribution in [0.4, 0.5) is 5.69 Å². The van der Waals surface area contributed by atoms with Crippen LogP contribution in [-0.4, -0.2) is 29.7 Å². The Labute approximate surface area is 194 Å². The summed E-state index contributed by atoms with van der Waals surface area (Å²) in [6, 6.07) is 14.5. The van der Waals surface area contributed by atoms with E-state index < -0.39 is 0 Å². The molecule has 0 aliphatic heterocycles. The zero-order chi connectivity index (χ0) is 22.9. The third-order valence-corrected chi connectivity index (χ3v) is 5.56. The van der Waals surface area contributed by atoms with E-state index in [2.05, 4.69) is 24.5 Å². The first kappa shape index (κ1) is 23.7. The number of para-hydroxylation sites is 1. The normalized spacial score (nSPS) is 14.0. The van der Waals surface area contributed by atoms with Gasteiger partial charge in [0, 0.05) is 5.69 Å². The van der Waals surface area contributed by atoms with E-state index in [-0.39, 0.29) is 29.7 Å². The molecule has 1 fully saturated rings. The second kappa shape index (κ2) is 11.6. The first-order valence-corrected chi connectivity index (χ1v) is 11.5. The number of benzene rings is 2. The molecule has 0 bridgehead atoms. The van der Waals surface area contributed by atoms with E-state index in [1.807, 2.05) is 24.3 Å². The second-order valence-corrected chi connectivity index (χ2v) is 8.63. The SMILES string of the molecule is CC(C)c1ccccc1OCC(=O)NC(=S)Nc1ccc(C(=O)OC2CCCCC2)cc1. The molecule has 1 amide bonds. The molecular formula is C25H30N2O4S. The lowest BCUT2D eigenvalue weighted by Crippen LogP contribution is -2.37. The standard InChI is InChI=1S/C25H30N2O4S/c1-17(2)21-10-6-7-11-22(21)30-16-23(28)27-25(32)26-19-14-12-18(13-15-19)24(29)31-20-8-4-3-5-9-20/h6-7,10-15,17,20H,3-5,8-9,16H2,1-2H3,(H2,26,27,28,32). The Morgan fingerprint density at radius 1 is 1.03 bits per heavy atom. The lowest BCUT2D eigenvalue weighted by Gasteiger charge is -2.21. The number of esters is 1. The van der Waals surface area contributed by atoms with Crippen LogP contribution in [0.5, 0.6) is 5.75 Å². The minimum atomic E-state index is -0.353. The molecule has 6 nitrogen and oxygen atoms in total. The highest BCUT2D eigenvalue weighted by Gasteiger charge is 2.18. The highest BCUT2D eigenvalue weighted by atomic mass is 32.1. The maximum atomic E-state index is 12.3. The van der Waals surface area contributed by atoms with E-state index in [1.165, 1.54) is 6.42 Å². The van der Waals surface area contributed by atoms with Gasteiger partial charge in [-0.05, 0) is 79.7 Å². The van der Waals surface area contributed by atoms with Gasteiger partial charge in [0.2, 0.25) is 0 Å². The Kier molecular flexibility index (Phi) is 8.62. The topological polar surface area (TPSA) is 76.7 Å². The molecular weight excluding hydrogens is 424 g/mol. The van der Waals surface area contributed by atoms with Crippen LogP contribution in [0.25, 0.3) is 0 Å². The van der Waals surface area contributed by atoms with E-state index in [4.69, 9.17) is 21.7 Å². The fourth-order valence-corrected chi connectivity index (χ4v) is 3.88. The van der Waals surface area contributed by atoms with Gasteiger partial charge in [-0.1, -0.05) is 38.5 Å². The Hall–Kier alpha value is -2.93. The second-order valence-electron chi connectivity index (χ2n) is 8.23. The number of amides is 1. The van der Waals surface area contributed by atoms with Crippen molar-refractivity contribution in [1.29, 1.82) is 0 Å². The van der Waals surface area contributed by atoms with Crippen molar-refractivity contribution in [2.45, 2.75) is 58.0 Å². The van der Waals surface area contributed by atoms with Crippen LogP contribution in [0.2, 0.25) is 0 Å². The third kappa shape index (κ3) is 7.05. The molecule has 0 unspecified atom stereocenters. The quantitative estimate of drug-likeness (QED) is 0.443. The molecule has 3 rings (SSSR count). The molecule has 7 heteroatoms. The molecule has 0 atom stereocenters. The van der Waals surface area contributed by atoms with Crippen molar-refractivity contribution < 1.29 is 19.1 Å². The van der Waals surface area contributed by atoms with Gasteiger partial charge < -0.3 is 14.8 Å². The van der Waals surface area contributed by atoms with Crippen molar-refractivity contribution >= 4 is 34.9 Å². The van der Waals surface area contributed by atoms with Crippen molar-refractivity contribution in [2.24, 2.45) is 0 Å². The van der Waals surface area contributed by atoms with E-state index in [0.29, 0.717) is 22.9 Å². The van der Waals surface area contributed by atoms with Gasteiger partial charge in [-0.25, -0.2) is 4.79 Å². The van der Waals surface area contributed by atoms with Crippen LogP contribution in [0.3, 0.4) is 0 Å². The molecule has 0 saturated heterocycles. The van der Waals surface area contributed by atoms with Gasteiger partial charge in [-0.2, -0.15) is 0 Å². The molecule has 1 aliphatic carbocycles. The third-order valence-electron chi connectivity index (χ3n) is 5.36. The highest BCUT2D eigenvalue weighted by molar-refractivity contribution is 7.80. The molecule has 2 aromatic carbocycles. The Balaban J connectivity index is 1.45. The predicted molar refractivity (Wildman–Crippen MR) is 129 cm³/mol. The summed E-state index contributed by atoms with van der Waals surface area (Å²) in [5, 5.41) is 5.70. The number of nitrogens with one attached hydrogen (secondary N) is 2. The number of hydrogen-bond donors (Lipinski definition) is 2. The summed E-state index contributed by atoms with van der Waals surface area (Å²) in [6.45, 7) is 4.00. The molecule has 0 radical (unpaired) electrons. The summed E-state index contributed by atoms with van der Waals surface area (Å²) >= 11 is 5.21. The van der Waals surface area contributed by atoms with Crippen LogP contribution < -0.4 is 15.4 Å². The van der Waals surface area contributed by atoms with Crippen LogP contribution in [-0.2, 0) is 9.53 Å². The van der Waals surface area contributed by atoms with Crippen LogP contribution >= 0.6 is 12.2 Å². The summed E-state index contributed by atoms with van der Waals surface area (Å²) in [7, 11) is 0. The number of ether oxygens (including phenoxy) is 2. The first-order chi connectivity index (χ1) is 15.4. The monoisotopic (exact) mass is 454 g/mol. The summed E-state index contributed by atoms with van der Waals surface area (Å²) in [4.78, 5) is 24.5. The lowest BCUT2D eigenvalue weighted by molar-refractivity contribution is -0.121.